The summed E-state index contributed by atoms with van der Waals surface area (Å²) in [6.07, 6.45) is 0.703. The smallest absolute Gasteiger partial charge is 0.251 e. The SMILES string of the molecule is NCCC#Cc1ccc2c(c1)CNC2=O. The Morgan fingerprint density at radius 1 is 1.47 bits per heavy atom. The van der Waals surface area contributed by atoms with Crippen molar-refractivity contribution in [3.63, 3.8) is 0 Å². The third-order valence-corrected chi connectivity index (χ3v) is 2.29. The molecule has 0 radical (unpaired) electrons. The molecular formula is C12H12N2O. The van der Waals surface area contributed by atoms with E-state index in [0.717, 1.165) is 16.7 Å². The molecule has 0 atom stereocenters. The predicted octanol–water partition coefficient (Wildman–Crippen LogP) is 0.630. The van der Waals surface area contributed by atoms with E-state index >= 15 is 0 Å². The van der Waals surface area contributed by atoms with Gasteiger partial charge in [0.2, 0.25) is 0 Å². The summed E-state index contributed by atoms with van der Waals surface area (Å²) in [5.41, 5.74) is 8.08. The second-order valence-electron chi connectivity index (χ2n) is 3.40. The number of carbonyl (C=O) groups is 1. The van der Waals surface area contributed by atoms with Gasteiger partial charge in [0.25, 0.3) is 5.91 Å². The number of carbonyl (C=O) groups excluding carboxylic acids is 1. The maximum Gasteiger partial charge on any atom is 0.251 e. The van der Waals surface area contributed by atoms with E-state index in [1.54, 1.807) is 0 Å². The average Bonchev–Trinajstić information content (AvgIpc) is 2.61. The fourth-order valence-electron chi connectivity index (χ4n) is 1.55. The molecule has 0 saturated heterocycles. The first-order chi connectivity index (χ1) is 7.31. The molecule has 1 amide bonds. The fraction of sp³-hybridized carbons (Fsp3) is 0.250. The van der Waals surface area contributed by atoms with Crippen LogP contribution < -0.4 is 11.1 Å². The molecule has 1 aromatic rings. The van der Waals surface area contributed by atoms with Gasteiger partial charge in [-0.25, -0.2) is 0 Å². The second-order valence-corrected chi connectivity index (χ2v) is 3.40. The molecule has 3 N–H and O–H groups in total. The number of nitrogens with two attached hydrogens (primary N) is 1. The van der Waals surface area contributed by atoms with Crippen molar-refractivity contribution in [1.82, 2.24) is 5.32 Å². The summed E-state index contributed by atoms with van der Waals surface area (Å²) in [6, 6.07) is 5.65. The number of amides is 1. The van der Waals surface area contributed by atoms with Crippen LogP contribution in [0.25, 0.3) is 0 Å². The Morgan fingerprint density at radius 3 is 3.13 bits per heavy atom. The molecule has 3 nitrogen and oxygen atoms in total. The van der Waals surface area contributed by atoms with E-state index < -0.39 is 0 Å². The van der Waals surface area contributed by atoms with Crippen molar-refractivity contribution < 1.29 is 4.79 Å². The molecule has 0 aliphatic carbocycles. The molecule has 0 bridgehead atoms. The molecule has 1 aliphatic heterocycles. The van der Waals surface area contributed by atoms with Crippen LogP contribution in [0.4, 0.5) is 0 Å². The van der Waals surface area contributed by atoms with Gasteiger partial charge in [0.05, 0.1) is 0 Å². The molecule has 0 spiro atoms. The number of fused-ring (bicyclic) bond motifs is 1. The second kappa shape index (κ2) is 4.16. The standard InChI is InChI=1S/C12H12N2O/c13-6-2-1-3-9-4-5-11-10(7-9)8-14-12(11)15/h4-5,7H,2,6,8,13H2,(H,14,15). The van der Waals surface area contributed by atoms with E-state index in [2.05, 4.69) is 17.2 Å². The molecule has 76 valence electrons. The molecule has 1 heterocycles. The lowest BCUT2D eigenvalue weighted by atomic mass is 10.1. The van der Waals surface area contributed by atoms with Crippen molar-refractivity contribution in [3.8, 4) is 11.8 Å². The maximum atomic E-state index is 11.3. The highest BCUT2D eigenvalue weighted by molar-refractivity contribution is 5.98. The fourth-order valence-corrected chi connectivity index (χ4v) is 1.55. The zero-order valence-electron chi connectivity index (χ0n) is 8.34. The number of hydrogen-bond acceptors (Lipinski definition) is 2. The molecule has 0 unspecified atom stereocenters. The highest BCUT2D eigenvalue weighted by atomic mass is 16.1. The molecule has 0 fully saturated rings. The largest absolute Gasteiger partial charge is 0.348 e. The summed E-state index contributed by atoms with van der Waals surface area (Å²) in [5, 5.41) is 2.77. The van der Waals surface area contributed by atoms with E-state index in [1.807, 2.05) is 18.2 Å². The minimum atomic E-state index is 0.00599. The lowest BCUT2D eigenvalue weighted by Crippen LogP contribution is -2.12. The molecule has 3 heteroatoms. The molecule has 15 heavy (non-hydrogen) atoms. The Hall–Kier alpha value is -1.79. The van der Waals surface area contributed by atoms with Gasteiger partial charge in [-0.3, -0.25) is 4.79 Å². The Labute approximate surface area is 88.7 Å². The summed E-state index contributed by atoms with van der Waals surface area (Å²) >= 11 is 0. The summed E-state index contributed by atoms with van der Waals surface area (Å²) in [6.45, 7) is 1.19. The van der Waals surface area contributed by atoms with Crippen LogP contribution in [0, 0.1) is 11.8 Å². The van der Waals surface area contributed by atoms with Gasteiger partial charge in [-0.1, -0.05) is 11.8 Å². The van der Waals surface area contributed by atoms with E-state index in [1.165, 1.54) is 0 Å². The third-order valence-electron chi connectivity index (χ3n) is 2.29. The van der Waals surface area contributed by atoms with E-state index in [9.17, 15) is 4.79 Å². The number of benzene rings is 1. The van der Waals surface area contributed by atoms with Crippen LogP contribution in [-0.2, 0) is 6.54 Å². The van der Waals surface area contributed by atoms with Crippen LogP contribution in [0.2, 0.25) is 0 Å². The maximum absolute atomic E-state index is 11.3. The van der Waals surface area contributed by atoms with Gasteiger partial charge in [-0.05, 0) is 23.8 Å². The Morgan fingerprint density at radius 2 is 2.33 bits per heavy atom. The Balaban J connectivity index is 2.24. The number of rotatable bonds is 1. The van der Waals surface area contributed by atoms with Crippen LogP contribution in [-0.4, -0.2) is 12.5 Å². The van der Waals surface area contributed by atoms with Gasteiger partial charge in [-0.2, -0.15) is 0 Å². The first-order valence-electron chi connectivity index (χ1n) is 4.91. The summed E-state index contributed by atoms with van der Waals surface area (Å²) < 4.78 is 0. The zero-order chi connectivity index (χ0) is 10.7. The number of nitrogens with one attached hydrogen (secondary N) is 1. The molecule has 0 aromatic heterocycles. The molecule has 1 aliphatic rings. The van der Waals surface area contributed by atoms with Gasteiger partial charge < -0.3 is 11.1 Å². The summed E-state index contributed by atoms with van der Waals surface area (Å²) in [4.78, 5) is 11.3. The normalized spacial score (nSPS) is 12.7. The third kappa shape index (κ3) is 2.00. The zero-order valence-corrected chi connectivity index (χ0v) is 8.34. The van der Waals surface area contributed by atoms with Gasteiger partial charge in [0.1, 0.15) is 0 Å². The van der Waals surface area contributed by atoms with Crippen molar-refractivity contribution in [3.05, 3.63) is 34.9 Å². The Bertz CT molecular complexity index is 454. The van der Waals surface area contributed by atoms with Gasteiger partial charge in [0.15, 0.2) is 0 Å². The van der Waals surface area contributed by atoms with Gasteiger partial charge >= 0.3 is 0 Å². The number of hydrogen-bond donors (Lipinski definition) is 2. The van der Waals surface area contributed by atoms with Crippen LogP contribution >= 0.6 is 0 Å². The minimum Gasteiger partial charge on any atom is -0.348 e. The lowest BCUT2D eigenvalue weighted by Gasteiger charge is -1.95. The monoisotopic (exact) mass is 200 g/mol. The Kier molecular flexibility index (Phi) is 2.70. The van der Waals surface area contributed by atoms with Crippen molar-refractivity contribution in [2.45, 2.75) is 13.0 Å². The quantitative estimate of drug-likeness (QED) is 0.653. The summed E-state index contributed by atoms with van der Waals surface area (Å²) in [7, 11) is 0. The first kappa shape index (κ1) is 9.75. The molecule has 0 saturated carbocycles. The van der Waals surface area contributed by atoms with E-state index in [4.69, 9.17) is 5.73 Å². The molecular weight excluding hydrogens is 188 g/mol. The van der Waals surface area contributed by atoms with Gasteiger partial charge in [0, 0.05) is 30.6 Å². The van der Waals surface area contributed by atoms with E-state index in [0.29, 0.717) is 19.5 Å². The van der Waals surface area contributed by atoms with Crippen molar-refractivity contribution >= 4 is 5.91 Å². The minimum absolute atomic E-state index is 0.00599. The first-order valence-corrected chi connectivity index (χ1v) is 4.91. The highest BCUT2D eigenvalue weighted by Crippen LogP contribution is 2.16. The van der Waals surface area contributed by atoms with Crippen LogP contribution in [0.3, 0.4) is 0 Å². The highest BCUT2D eigenvalue weighted by Gasteiger charge is 2.17. The van der Waals surface area contributed by atoms with Crippen molar-refractivity contribution in [2.75, 3.05) is 6.54 Å². The average molecular weight is 200 g/mol. The van der Waals surface area contributed by atoms with Crippen molar-refractivity contribution in [1.29, 1.82) is 0 Å². The van der Waals surface area contributed by atoms with Crippen LogP contribution in [0.1, 0.15) is 27.9 Å². The topological polar surface area (TPSA) is 55.1 Å². The van der Waals surface area contributed by atoms with Crippen molar-refractivity contribution in [2.24, 2.45) is 5.73 Å². The predicted molar refractivity (Wildman–Crippen MR) is 58.2 cm³/mol. The van der Waals surface area contributed by atoms with E-state index in [-0.39, 0.29) is 5.91 Å². The van der Waals surface area contributed by atoms with Crippen LogP contribution in [0.5, 0.6) is 0 Å². The lowest BCUT2D eigenvalue weighted by molar-refractivity contribution is 0.0966. The van der Waals surface area contributed by atoms with Gasteiger partial charge in [-0.15, -0.1) is 0 Å². The summed E-state index contributed by atoms with van der Waals surface area (Å²) in [5.74, 6) is 6.00. The van der Waals surface area contributed by atoms with Crippen LogP contribution in [0.15, 0.2) is 18.2 Å². The molecule has 2 rings (SSSR count). The molecule has 1 aromatic carbocycles.